The predicted molar refractivity (Wildman–Crippen MR) is 53.6 cm³/mol. The topological polar surface area (TPSA) is 35.5 Å². The van der Waals surface area contributed by atoms with Crippen molar-refractivity contribution in [2.45, 2.75) is 12.8 Å². The Morgan fingerprint density at radius 3 is 3.00 bits per heavy atom. The highest BCUT2D eigenvalue weighted by Gasteiger charge is 2.13. The van der Waals surface area contributed by atoms with Gasteiger partial charge in [0.1, 0.15) is 11.6 Å². The van der Waals surface area contributed by atoms with E-state index in [-0.39, 0.29) is 29.9 Å². The number of allylic oxidation sites excluding steroid dienone is 4. The zero-order valence-corrected chi connectivity index (χ0v) is 9.01. The first-order chi connectivity index (χ1) is 7.13. The second-order valence-electron chi connectivity index (χ2n) is 2.88. The fraction of sp³-hybridized carbons (Fsp3) is 0.400. The highest BCUT2D eigenvalue weighted by molar-refractivity contribution is 6.31. The van der Waals surface area contributed by atoms with E-state index in [4.69, 9.17) is 16.3 Å². The van der Waals surface area contributed by atoms with Crippen molar-refractivity contribution in [3.05, 3.63) is 29.1 Å². The Morgan fingerprint density at radius 1 is 1.67 bits per heavy atom. The molecule has 0 atom stereocenters. The van der Waals surface area contributed by atoms with E-state index in [1.165, 1.54) is 19.6 Å². The summed E-state index contributed by atoms with van der Waals surface area (Å²) in [4.78, 5) is 10.8. The van der Waals surface area contributed by atoms with Gasteiger partial charge in [0.2, 0.25) is 0 Å². The molecule has 5 heteroatoms. The third-order valence-corrected chi connectivity index (χ3v) is 2.14. The van der Waals surface area contributed by atoms with Gasteiger partial charge >= 0.3 is 5.97 Å². The van der Waals surface area contributed by atoms with Crippen molar-refractivity contribution in [1.82, 2.24) is 0 Å². The number of carbonyl (C=O) groups excluding carboxylic acids is 1. The Kier molecular flexibility index (Phi) is 4.62. The fourth-order valence-electron chi connectivity index (χ4n) is 1.04. The number of carbonyl (C=O) groups is 1. The molecule has 1 aliphatic rings. The highest BCUT2D eigenvalue weighted by Crippen LogP contribution is 2.27. The summed E-state index contributed by atoms with van der Waals surface area (Å²) < 4.78 is 22.3. The molecule has 0 saturated heterocycles. The molecule has 0 spiro atoms. The molecule has 0 fully saturated rings. The Labute approximate surface area is 92.5 Å². The van der Waals surface area contributed by atoms with Gasteiger partial charge < -0.3 is 9.47 Å². The lowest BCUT2D eigenvalue weighted by Crippen LogP contribution is -2.07. The Balaban J connectivity index is 2.39. The normalized spacial score (nSPS) is 16.1. The molecule has 0 heterocycles. The van der Waals surface area contributed by atoms with Gasteiger partial charge in [-0.1, -0.05) is 11.6 Å². The number of hydrogen-bond acceptors (Lipinski definition) is 3. The number of methoxy groups -OCH3 is 1. The molecule has 0 bridgehead atoms. The summed E-state index contributed by atoms with van der Waals surface area (Å²) in [5, 5.41) is 0.236. The maximum atomic E-state index is 12.7. The monoisotopic (exact) mass is 233 g/mol. The van der Waals surface area contributed by atoms with Crippen molar-refractivity contribution < 1.29 is 18.7 Å². The van der Waals surface area contributed by atoms with Crippen molar-refractivity contribution in [2.75, 3.05) is 13.7 Å². The zero-order valence-electron chi connectivity index (χ0n) is 8.26. The summed E-state index contributed by atoms with van der Waals surface area (Å²) in [6, 6.07) is 0. The van der Waals surface area contributed by atoms with Crippen LogP contribution in [0, 0.1) is 6.42 Å². The Bertz CT molecular complexity index is 310. The molecule has 0 unspecified atom stereocenters. The van der Waals surface area contributed by atoms with Crippen LogP contribution in [0.25, 0.3) is 0 Å². The molecule has 0 N–H and O–H groups in total. The van der Waals surface area contributed by atoms with Gasteiger partial charge in [-0.3, -0.25) is 4.79 Å². The number of hydrogen-bond donors (Lipinski definition) is 0. The first-order valence-corrected chi connectivity index (χ1v) is 4.80. The van der Waals surface area contributed by atoms with Gasteiger partial charge in [-0.05, 0) is 6.08 Å². The molecule has 0 aromatic heterocycles. The minimum Gasteiger partial charge on any atom is -0.496 e. The smallest absolute Gasteiger partial charge is 0.308 e. The number of ether oxygens (including phenoxy) is 2. The van der Waals surface area contributed by atoms with Crippen molar-refractivity contribution in [3.63, 3.8) is 0 Å². The van der Waals surface area contributed by atoms with E-state index in [1.807, 2.05) is 0 Å². The van der Waals surface area contributed by atoms with E-state index in [1.54, 1.807) is 0 Å². The third-order valence-electron chi connectivity index (χ3n) is 1.82. The summed E-state index contributed by atoms with van der Waals surface area (Å²) in [5.41, 5.74) is 0. The van der Waals surface area contributed by atoms with Gasteiger partial charge in [-0.15, -0.1) is 0 Å². The van der Waals surface area contributed by atoms with Crippen LogP contribution in [0.4, 0.5) is 4.39 Å². The van der Waals surface area contributed by atoms with Crippen molar-refractivity contribution in [2.24, 2.45) is 0 Å². The van der Waals surface area contributed by atoms with Crippen LogP contribution in [0.1, 0.15) is 12.8 Å². The molecular formula is C10H11ClFO3. The van der Waals surface area contributed by atoms with Crippen LogP contribution in [-0.2, 0) is 14.3 Å². The maximum Gasteiger partial charge on any atom is 0.308 e. The minimum absolute atomic E-state index is 0.149. The van der Waals surface area contributed by atoms with Crippen LogP contribution in [-0.4, -0.2) is 19.7 Å². The largest absolute Gasteiger partial charge is 0.496 e. The molecule has 0 aromatic rings. The third kappa shape index (κ3) is 3.91. The van der Waals surface area contributed by atoms with Crippen LogP contribution in [0.3, 0.4) is 0 Å². The lowest BCUT2D eigenvalue weighted by molar-refractivity contribution is -0.141. The van der Waals surface area contributed by atoms with Crippen LogP contribution >= 0.6 is 11.6 Å². The van der Waals surface area contributed by atoms with Gasteiger partial charge in [0.25, 0.3) is 0 Å². The lowest BCUT2D eigenvalue weighted by Gasteiger charge is -2.13. The molecule has 1 rings (SSSR count). The summed E-state index contributed by atoms with van der Waals surface area (Å²) in [6.45, 7) is 0.182. The number of rotatable bonds is 4. The van der Waals surface area contributed by atoms with Gasteiger partial charge in [0.05, 0.1) is 25.2 Å². The average molecular weight is 234 g/mol. The molecule has 83 valence electrons. The van der Waals surface area contributed by atoms with Crippen molar-refractivity contribution in [3.8, 4) is 0 Å². The van der Waals surface area contributed by atoms with E-state index in [2.05, 4.69) is 4.74 Å². The molecule has 0 aliphatic heterocycles. The maximum absolute atomic E-state index is 12.7. The van der Waals surface area contributed by atoms with Crippen molar-refractivity contribution >= 4 is 17.6 Å². The number of halogens is 2. The first-order valence-electron chi connectivity index (χ1n) is 4.42. The molecule has 15 heavy (non-hydrogen) atoms. The van der Waals surface area contributed by atoms with Crippen LogP contribution < -0.4 is 0 Å². The van der Waals surface area contributed by atoms with Gasteiger partial charge in [0.15, 0.2) is 0 Å². The first kappa shape index (κ1) is 12.0. The molecule has 3 nitrogen and oxygen atoms in total. The van der Waals surface area contributed by atoms with Crippen LogP contribution in [0.5, 0.6) is 0 Å². The van der Waals surface area contributed by atoms with Gasteiger partial charge in [0, 0.05) is 12.8 Å². The van der Waals surface area contributed by atoms with Crippen molar-refractivity contribution in [1.29, 1.82) is 0 Å². The Hall–Kier alpha value is -1.03. The second-order valence-corrected chi connectivity index (χ2v) is 3.29. The molecule has 0 saturated carbocycles. The summed E-state index contributed by atoms with van der Waals surface area (Å²) >= 11 is 5.73. The van der Waals surface area contributed by atoms with Gasteiger partial charge in [-0.2, -0.15) is 0 Å². The van der Waals surface area contributed by atoms with Gasteiger partial charge in [-0.25, -0.2) is 4.39 Å². The van der Waals surface area contributed by atoms with Crippen LogP contribution in [0.15, 0.2) is 22.7 Å². The Morgan fingerprint density at radius 2 is 2.40 bits per heavy atom. The lowest BCUT2D eigenvalue weighted by atomic mass is 10.1. The van der Waals surface area contributed by atoms with E-state index >= 15 is 0 Å². The van der Waals surface area contributed by atoms with Crippen LogP contribution in [0.2, 0.25) is 0 Å². The second kappa shape index (κ2) is 5.75. The molecule has 1 aliphatic carbocycles. The van der Waals surface area contributed by atoms with E-state index in [0.717, 1.165) is 0 Å². The summed E-state index contributed by atoms with van der Waals surface area (Å²) in [7, 11) is 1.31. The average Bonchev–Trinajstić information content (AvgIpc) is 2.21. The zero-order chi connectivity index (χ0) is 11.3. The fourth-order valence-corrected chi connectivity index (χ4v) is 1.27. The standard InChI is InChI=1S/C10H11ClFO3/c1-14-10(13)4-5-15-9-3-2-7(12)6-8(9)11/h2,6H,3-5H2,1H3. The number of esters is 1. The highest BCUT2D eigenvalue weighted by atomic mass is 35.5. The minimum atomic E-state index is -0.375. The SMILES string of the molecule is COC(=O)CCOC1=C(Cl)C=C(F)[CH]C1. The van der Waals surface area contributed by atoms with E-state index in [0.29, 0.717) is 12.2 Å². The molecular weight excluding hydrogens is 223 g/mol. The molecule has 0 amide bonds. The molecule has 0 aromatic carbocycles. The van der Waals surface area contributed by atoms with E-state index < -0.39 is 0 Å². The molecule has 1 radical (unpaired) electrons. The summed E-state index contributed by atoms with van der Waals surface area (Å²) in [5.74, 6) is -0.254. The summed E-state index contributed by atoms with van der Waals surface area (Å²) in [6.07, 6.45) is 3.00. The quantitative estimate of drug-likeness (QED) is 0.700. The van der Waals surface area contributed by atoms with E-state index in [9.17, 15) is 9.18 Å². The predicted octanol–water partition coefficient (Wildman–Crippen LogP) is 2.48.